The lowest BCUT2D eigenvalue weighted by Gasteiger charge is -2.06. The van der Waals surface area contributed by atoms with Gasteiger partial charge in [-0.3, -0.25) is 4.72 Å². The van der Waals surface area contributed by atoms with E-state index < -0.39 is 10.0 Å². The number of rotatable bonds is 6. The summed E-state index contributed by atoms with van der Waals surface area (Å²) in [5.41, 5.74) is 6.52. The number of sulfonamides is 1. The topological polar surface area (TPSA) is 98.0 Å². The fraction of sp³-hybridized carbons (Fsp3) is 0.333. The fourth-order valence-electron chi connectivity index (χ4n) is 1.65. The van der Waals surface area contributed by atoms with Crippen molar-refractivity contribution < 1.29 is 8.42 Å². The number of nitrogens with two attached hydrogens (primary N) is 1. The molecule has 20 heavy (non-hydrogen) atoms. The third-order valence-corrected chi connectivity index (χ3v) is 4.89. The number of nitrogens with zero attached hydrogens (tertiary/aromatic N) is 2. The van der Waals surface area contributed by atoms with Gasteiger partial charge in [0.15, 0.2) is 0 Å². The molecule has 0 aliphatic rings. The van der Waals surface area contributed by atoms with Crippen molar-refractivity contribution in [2.45, 2.75) is 24.7 Å². The third kappa shape index (κ3) is 3.75. The Morgan fingerprint density at radius 2 is 1.95 bits per heavy atom. The van der Waals surface area contributed by atoms with Crippen LogP contribution in [-0.2, 0) is 16.4 Å². The molecule has 3 N–H and O–H groups in total. The van der Waals surface area contributed by atoms with Crippen molar-refractivity contribution >= 4 is 26.5 Å². The summed E-state index contributed by atoms with van der Waals surface area (Å²) in [4.78, 5) is 0.210. The molecule has 1 aromatic heterocycles. The van der Waals surface area contributed by atoms with Gasteiger partial charge in [0, 0.05) is 0 Å². The average molecular weight is 312 g/mol. The van der Waals surface area contributed by atoms with Crippen LogP contribution >= 0.6 is 11.3 Å². The van der Waals surface area contributed by atoms with Gasteiger partial charge in [0.1, 0.15) is 5.01 Å². The zero-order valence-electron chi connectivity index (χ0n) is 11.0. The Morgan fingerprint density at radius 3 is 2.50 bits per heavy atom. The predicted molar refractivity (Wildman–Crippen MR) is 79.3 cm³/mol. The van der Waals surface area contributed by atoms with Crippen molar-refractivity contribution in [3.05, 3.63) is 34.8 Å². The summed E-state index contributed by atoms with van der Waals surface area (Å²) in [5.74, 6) is 0. The number of anilines is 1. The van der Waals surface area contributed by atoms with Gasteiger partial charge in [-0.05, 0) is 44.0 Å². The molecule has 0 fully saturated rings. The van der Waals surface area contributed by atoms with Crippen LogP contribution in [-0.4, -0.2) is 25.2 Å². The fourth-order valence-corrected chi connectivity index (χ4v) is 3.47. The number of benzene rings is 1. The van der Waals surface area contributed by atoms with Crippen molar-refractivity contribution in [1.82, 2.24) is 10.2 Å². The number of hydrogen-bond acceptors (Lipinski definition) is 6. The maximum Gasteiger partial charge on any atom is 0.263 e. The van der Waals surface area contributed by atoms with Crippen molar-refractivity contribution in [3.8, 4) is 0 Å². The first kappa shape index (κ1) is 14.9. The molecule has 0 atom stereocenters. The van der Waals surface area contributed by atoms with Gasteiger partial charge in [-0.25, -0.2) is 8.42 Å². The minimum Gasteiger partial charge on any atom is -0.330 e. The van der Waals surface area contributed by atoms with Crippen LogP contribution in [0, 0.1) is 6.92 Å². The van der Waals surface area contributed by atoms with Crippen molar-refractivity contribution in [2.24, 2.45) is 5.73 Å². The molecule has 0 aliphatic carbocycles. The van der Waals surface area contributed by atoms with Crippen LogP contribution in [0.3, 0.4) is 0 Å². The molecule has 0 aliphatic heterocycles. The zero-order valence-corrected chi connectivity index (χ0v) is 12.7. The monoisotopic (exact) mass is 312 g/mol. The molecule has 2 rings (SSSR count). The molecule has 0 saturated carbocycles. The lowest BCUT2D eigenvalue weighted by molar-refractivity contribution is 0.601. The van der Waals surface area contributed by atoms with Crippen LogP contribution in [0.15, 0.2) is 29.2 Å². The first-order chi connectivity index (χ1) is 9.51. The SMILES string of the molecule is Cc1nnc(NS(=O)(=O)c2ccc(CCCN)cc2)s1. The molecule has 0 saturated heterocycles. The first-order valence-corrected chi connectivity index (χ1v) is 8.43. The van der Waals surface area contributed by atoms with Crippen LogP contribution in [0.1, 0.15) is 17.0 Å². The van der Waals surface area contributed by atoms with E-state index in [4.69, 9.17) is 5.73 Å². The summed E-state index contributed by atoms with van der Waals surface area (Å²) < 4.78 is 26.7. The molecule has 8 heteroatoms. The molecule has 1 heterocycles. The number of hydrogen-bond donors (Lipinski definition) is 2. The number of aryl methyl sites for hydroxylation is 2. The molecule has 6 nitrogen and oxygen atoms in total. The van der Waals surface area contributed by atoms with Gasteiger partial charge in [0.25, 0.3) is 10.0 Å². The van der Waals surface area contributed by atoms with Crippen LogP contribution in [0.5, 0.6) is 0 Å². The summed E-state index contributed by atoms with van der Waals surface area (Å²) in [6.07, 6.45) is 1.73. The van der Waals surface area contributed by atoms with E-state index in [1.807, 2.05) is 0 Å². The van der Waals surface area contributed by atoms with Crippen molar-refractivity contribution in [3.63, 3.8) is 0 Å². The smallest absolute Gasteiger partial charge is 0.263 e. The molecule has 0 bridgehead atoms. The molecular formula is C12H16N4O2S2. The Kier molecular flexibility index (Phi) is 4.69. The van der Waals surface area contributed by atoms with E-state index >= 15 is 0 Å². The van der Waals surface area contributed by atoms with E-state index in [0.29, 0.717) is 11.6 Å². The Morgan fingerprint density at radius 1 is 1.25 bits per heavy atom. The molecule has 2 aromatic rings. The molecule has 0 amide bonds. The summed E-state index contributed by atoms with van der Waals surface area (Å²) in [7, 11) is -3.60. The van der Waals surface area contributed by atoms with Crippen LogP contribution in [0.4, 0.5) is 5.13 Å². The van der Waals surface area contributed by atoms with E-state index in [-0.39, 0.29) is 10.0 Å². The van der Waals surface area contributed by atoms with Gasteiger partial charge in [0.05, 0.1) is 4.90 Å². The largest absolute Gasteiger partial charge is 0.330 e. The van der Waals surface area contributed by atoms with E-state index in [1.165, 1.54) is 11.3 Å². The standard InChI is InChI=1S/C12H16N4O2S2/c1-9-14-15-12(19-9)16-20(17,18)11-6-4-10(5-7-11)3-2-8-13/h4-7H,2-3,8,13H2,1H3,(H,15,16). The average Bonchev–Trinajstić information content (AvgIpc) is 2.81. The first-order valence-electron chi connectivity index (χ1n) is 6.13. The summed E-state index contributed by atoms with van der Waals surface area (Å²) in [6.45, 7) is 2.39. The second kappa shape index (κ2) is 6.29. The minimum atomic E-state index is -3.60. The number of nitrogens with one attached hydrogen (secondary N) is 1. The number of aromatic nitrogens is 2. The zero-order chi connectivity index (χ0) is 14.6. The normalized spacial score (nSPS) is 11.5. The van der Waals surface area contributed by atoms with E-state index in [0.717, 1.165) is 18.4 Å². The van der Waals surface area contributed by atoms with Gasteiger partial charge in [-0.2, -0.15) is 0 Å². The Balaban J connectivity index is 2.13. The molecular weight excluding hydrogens is 296 g/mol. The highest BCUT2D eigenvalue weighted by Gasteiger charge is 2.16. The highest BCUT2D eigenvalue weighted by molar-refractivity contribution is 7.93. The van der Waals surface area contributed by atoms with Crippen LogP contribution in [0.2, 0.25) is 0 Å². The van der Waals surface area contributed by atoms with E-state index in [1.54, 1.807) is 31.2 Å². The van der Waals surface area contributed by atoms with Crippen molar-refractivity contribution in [2.75, 3.05) is 11.3 Å². The highest BCUT2D eigenvalue weighted by atomic mass is 32.2. The lowest BCUT2D eigenvalue weighted by Crippen LogP contribution is -2.12. The molecule has 0 unspecified atom stereocenters. The third-order valence-electron chi connectivity index (χ3n) is 2.65. The van der Waals surface area contributed by atoms with Gasteiger partial charge in [0.2, 0.25) is 5.13 Å². The second-order valence-electron chi connectivity index (χ2n) is 4.27. The molecule has 0 spiro atoms. The van der Waals surface area contributed by atoms with Gasteiger partial charge >= 0.3 is 0 Å². The van der Waals surface area contributed by atoms with Gasteiger partial charge in [-0.15, -0.1) is 10.2 Å². The Hall–Kier alpha value is -1.51. The molecule has 108 valence electrons. The highest BCUT2D eigenvalue weighted by Crippen LogP contribution is 2.19. The predicted octanol–water partition coefficient (Wildman–Crippen LogP) is 1.54. The maximum atomic E-state index is 12.1. The molecule has 0 radical (unpaired) electrons. The quantitative estimate of drug-likeness (QED) is 0.843. The van der Waals surface area contributed by atoms with Gasteiger partial charge in [-0.1, -0.05) is 23.5 Å². The summed E-state index contributed by atoms with van der Waals surface area (Å²) >= 11 is 1.20. The van der Waals surface area contributed by atoms with Crippen LogP contribution < -0.4 is 10.5 Å². The lowest BCUT2D eigenvalue weighted by atomic mass is 10.1. The minimum absolute atomic E-state index is 0.210. The van der Waals surface area contributed by atoms with E-state index in [9.17, 15) is 8.42 Å². The Bertz CT molecular complexity index is 665. The Labute approximate surface area is 122 Å². The molecule has 1 aromatic carbocycles. The van der Waals surface area contributed by atoms with Gasteiger partial charge < -0.3 is 5.73 Å². The summed E-state index contributed by atoms with van der Waals surface area (Å²) in [5, 5.41) is 8.50. The second-order valence-corrected chi connectivity index (χ2v) is 7.13. The maximum absolute atomic E-state index is 12.1. The summed E-state index contributed by atoms with van der Waals surface area (Å²) in [6, 6.07) is 6.77. The van der Waals surface area contributed by atoms with Crippen molar-refractivity contribution in [1.29, 1.82) is 0 Å². The van der Waals surface area contributed by atoms with E-state index in [2.05, 4.69) is 14.9 Å². The van der Waals surface area contributed by atoms with Crippen LogP contribution in [0.25, 0.3) is 0 Å².